The number of ether oxygens (including phenoxy) is 1. The molecule has 11 heteroatoms. The number of para-hydroxylation sites is 1. The summed E-state index contributed by atoms with van der Waals surface area (Å²) in [5.74, 6) is -0.482. The van der Waals surface area contributed by atoms with Crippen LogP contribution in [0, 0.1) is 0 Å². The smallest absolute Gasteiger partial charge is 0.418 e. The molecule has 1 saturated heterocycles. The number of anilines is 1. The average Bonchev–Trinajstić information content (AvgIpc) is 3.10. The van der Waals surface area contributed by atoms with Gasteiger partial charge in [0.05, 0.1) is 24.1 Å². The first kappa shape index (κ1) is 23.3. The molecule has 0 saturated carbocycles. The Balaban J connectivity index is 1.63. The molecule has 0 bridgehead atoms. The maximum atomic E-state index is 13.1. The number of benzene rings is 2. The summed E-state index contributed by atoms with van der Waals surface area (Å²) in [6.07, 6.45) is -4.92. The fraction of sp³-hybridized carbons (Fsp3) is 0.238. The lowest BCUT2D eigenvalue weighted by Gasteiger charge is -2.14. The Hall–Kier alpha value is -3.34. The molecule has 1 fully saturated rings. The molecular weight excluding hydrogens is 445 g/mol. The van der Waals surface area contributed by atoms with Gasteiger partial charge in [0, 0.05) is 6.42 Å². The summed E-state index contributed by atoms with van der Waals surface area (Å²) < 4.78 is 44.3. The summed E-state index contributed by atoms with van der Waals surface area (Å²) in [6, 6.07) is 11.8. The lowest BCUT2D eigenvalue weighted by atomic mass is 10.1. The van der Waals surface area contributed by atoms with Crippen molar-refractivity contribution in [1.29, 1.82) is 0 Å². The molecule has 2 aromatic carbocycles. The van der Waals surface area contributed by atoms with Crippen molar-refractivity contribution >= 4 is 40.1 Å². The molecule has 1 aliphatic rings. The molecule has 2 amide bonds. The number of nitrogens with zero attached hydrogens (tertiary/aromatic N) is 2. The van der Waals surface area contributed by atoms with E-state index in [9.17, 15) is 22.8 Å². The minimum atomic E-state index is -4.61. The number of carbonyl (C=O) groups is 2. The van der Waals surface area contributed by atoms with Gasteiger partial charge in [-0.05, 0) is 48.9 Å². The summed E-state index contributed by atoms with van der Waals surface area (Å²) >= 11 is 0.990. The van der Waals surface area contributed by atoms with Crippen LogP contribution in [0.2, 0.25) is 0 Å². The quantitative estimate of drug-likeness (QED) is 0.498. The second kappa shape index (κ2) is 9.86. The SMILES string of the molecule is COc1ccc(/C(C)=N\N=C2/NC(=O)[C@H](CC(=O)Nc3ccccc3C(F)(F)F)S2)cc1. The topological polar surface area (TPSA) is 92.2 Å². The van der Waals surface area contributed by atoms with E-state index in [1.165, 1.54) is 12.1 Å². The van der Waals surface area contributed by atoms with Crippen molar-refractivity contribution in [3.63, 3.8) is 0 Å². The summed E-state index contributed by atoms with van der Waals surface area (Å²) in [7, 11) is 1.56. The van der Waals surface area contributed by atoms with E-state index < -0.39 is 28.8 Å². The van der Waals surface area contributed by atoms with E-state index >= 15 is 0 Å². The van der Waals surface area contributed by atoms with Gasteiger partial charge in [0.2, 0.25) is 11.8 Å². The van der Waals surface area contributed by atoms with Crippen molar-refractivity contribution < 1.29 is 27.5 Å². The van der Waals surface area contributed by atoms with Crippen molar-refractivity contribution in [2.24, 2.45) is 10.2 Å². The average molecular weight is 464 g/mol. The summed E-state index contributed by atoms with van der Waals surface area (Å²) in [5, 5.41) is 12.2. The number of hydrogen-bond donors (Lipinski definition) is 2. The van der Waals surface area contributed by atoms with Crippen LogP contribution in [0.25, 0.3) is 0 Å². The van der Waals surface area contributed by atoms with Crippen molar-refractivity contribution in [2.75, 3.05) is 12.4 Å². The molecule has 1 atom stereocenters. The highest BCUT2D eigenvalue weighted by Crippen LogP contribution is 2.34. The highest BCUT2D eigenvalue weighted by atomic mass is 32.2. The molecular formula is C21H19F3N4O3S. The third kappa shape index (κ3) is 5.88. The van der Waals surface area contributed by atoms with Gasteiger partial charge in [-0.25, -0.2) is 0 Å². The molecule has 2 aromatic rings. The van der Waals surface area contributed by atoms with E-state index in [0.29, 0.717) is 11.5 Å². The molecule has 0 spiro atoms. The molecule has 32 heavy (non-hydrogen) atoms. The molecule has 168 valence electrons. The third-order valence-electron chi connectivity index (χ3n) is 4.45. The molecule has 7 nitrogen and oxygen atoms in total. The number of amidine groups is 1. The van der Waals surface area contributed by atoms with Crippen LogP contribution < -0.4 is 15.4 Å². The van der Waals surface area contributed by atoms with E-state index in [0.717, 1.165) is 29.5 Å². The second-order valence-corrected chi connectivity index (χ2v) is 7.90. The highest BCUT2D eigenvalue weighted by Gasteiger charge is 2.35. The van der Waals surface area contributed by atoms with E-state index in [4.69, 9.17) is 4.74 Å². The minimum Gasteiger partial charge on any atom is -0.497 e. The number of methoxy groups -OCH3 is 1. The van der Waals surface area contributed by atoms with Crippen LogP contribution in [0.1, 0.15) is 24.5 Å². The Morgan fingerprint density at radius 2 is 1.88 bits per heavy atom. The first-order valence-corrected chi connectivity index (χ1v) is 10.3. The third-order valence-corrected chi connectivity index (χ3v) is 5.52. The standard InChI is InChI=1S/C21H19F3N4O3S/c1-12(13-7-9-14(31-2)10-8-13)27-28-20-26-19(30)17(32-20)11-18(29)25-16-6-4-3-5-15(16)21(22,23)24/h3-10,17H,11H2,1-2H3,(H,25,29)(H,26,28,30)/b27-12-/t17-/m0/s1. The lowest BCUT2D eigenvalue weighted by Crippen LogP contribution is -2.28. The highest BCUT2D eigenvalue weighted by molar-refractivity contribution is 8.15. The molecule has 0 aliphatic carbocycles. The predicted octanol–water partition coefficient (Wildman–Crippen LogP) is 4.05. The second-order valence-electron chi connectivity index (χ2n) is 6.71. The van der Waals surface area contributed by atoms with Gasteiger partial charge < -0.3 is 15.4 Å². The predicted molar refractivity (Wildman–Crippen MR) is 117 cm³/mol. The Morgan fingerprint density at radius 1 is 1.19 bits per heavy atom. The summed E-state index contributed by atoms with van der Waals surface area (Å²) in [5.41, 5.74) is 0.0909. The number of carbonyl (C=O) groups excluding carboxylic acids is 2. The Morgan fingerprint density at radius 3 is 2.53 bits per heavy atom. The van der Waals surface area contributed by atoms with Gasteiger partial charge in [0.1, 0.15) is 11.0 Å². The molecule has 0 radical (unpaired) electrons. The number of nitrogens with one attached hydrogen (secondary N) is 2. The van der Waals surface area contributed by atoms with Gasteiger partial charge >= 0.3 is 6.18 Å². The maximum absolute atomic E-state index is 13.1. The van der Waals surface area contributed by atoms with E-state index in [1.807, 2.05) is 12.1 Å². The van der Waals surface area contributed by atoms with Gasteiger partial charge in [-0.2, -0.15) is 18.3 Å². The van der Waals surface area contributed by atoms with E-state index in [1.54, 1.807) is 26.2 Å². The minimum absolute atomic E-state index is 0.205. The van der Waals surface area contributed by atoms with Crippen LogP contribution in [0.3, 0.4) is 0 Å². The molecule has 1 aliphatic heterocycles. The number of halogens is 3. The zero-order chi connectivity index (χ0) is 23.3. The summed E-state index contributed by atoms with van der Waals surface area (Å²) in [4.78, 5) is 24.4. The van der Waals surface area contributed by atoms with Crippen molar-refractivity contribution in [3.05, 3.63) is 59.7 Å². The molecule has 0 aromatic heterocycles. The van der Waals surface area contributed by atoms with E-state index in [-0.39, 0.29) is 17.3 Å². The maximum Gasteiger partial charge on any atom is 0.418 e. The van der Waals surface area contributed by atoms with Crippen molar-refractivity contribution in [2.45, 2.75) is 24.8 Å². The van der Waals surface area contributed by atoms with Crippen molar-refractivity contribution in [1.82, 2.24) is 5.32 Å². The zero-order valence-corrected chi connectivity index (χ0v) is 17.9. The van der Waals surface area contributed by atoms with Gasteiger partial charge in [-0.3, -0.25) is 9.59 Å². The van der Waals surface area contributed by atoms with Gasteiger partial charge in [-0.1, -0.05) is 23.9 Å². The molecule has 3 rings (SSSR count). The van der Waals surface area contributed by atoms with Crippen molar-refractivity contribution in [3.8, 4) is 5.75 Å². The summed E-state index contributed by atoms with van der Waals surface area (Å²) in [6.45, 7) is 1.75. The van der Waals surface area contributed by atoms with Crippen LogP contribution in [0.5, 0.6) is 5.75 Å². The van der Waals surface area contributed by atoms with Crippen LogP contribution in [-0.4, -0.2) is 35.1 Å². The Bertz CT molecular complexity index is 1070. The number of alkyl halides is 3. The Labute approximate surface area is 186 Å². The lowest BCUT2D eigenvalue weighted by molar-refractivity contribution is -0.137. The number of hydrogen-bond acceptors (Lipinski definition) is 6. The first-order chi connectivity index (χ1) is 15.2. The fourth-order valence-corrected chi connectivity index (χ4v) is 3.72. The monoisotopic (exact) mass is 464 g/mol. The molecule has 0 unspecified atom stereocenters. The van der Waals surface area contributed by atoms with Gasteiger partial charge in [0.15, 0.2) is 5.17 Å². The van der Waals surface area contributed by atoms with E-state index in [2.05, 4.69) is 20.8 Å². The van der Waals surface area contributed by atoms with Crippen LogP contribution in [0.15, 0.2) is 58.7 Å². The van der Waals surface area contributed by atoms with Crippen LogP contribution in [0.4, 0.5) is 18.9 Å². The first-order valence-electron chi connectivity index (χ1n) is 9.37. The Kier molecular flexibility index (Phi) is 7.18. The molecule has 2 N–H and O–H groups in total. The van der Waals surface area contributed by atoms with Gasteiger partial charge in [-0.15, -0.1) is 5.10 Å². The zero-order valence-electron chi connectivity index (χ0n) is 17.1. The number of rotatable bonds is 6. The fourth-order valence-electron chi connectivity index (χ4n) is 2.81. The number of thioether (sulfide) groups is 1. The normalized spacial score (nSPS) is 17.9. The van der Waals surface area contributed by atoms with Gasteiger partial charge in [0.25, 0.3) is 0 Å². The van der Waals surface area contributed by atoms with Crippen LogP contribution >= 0.6 is 11.8 Å². The van der Waals surface area contributed by atoms with Crippen LogP contribution in [-0.2, 0) is 15.8 Å². The largest absolute Gasteiger partial charge is 0.497 e. The molecule has 1 heterocycles. The number of amides is 2.